The van der Waals surface area contributed by atoms with Crippen LogP contribution in [0.15, 0.2) is 12.4 Å². The second-order valence-electron chi connectivity index (χ2n) is 1.95. The average molecular weight is 204 g/mol. The average Bonchev–Trinajstić information content (AvgIpc) is 2.03. The van der Waals surface area contributed by atoms with Crippen LogP contribution in [-0.4, -0.2) is 15.2 Å². The van der Waals surface area contributed by atoms with Crippen molar-refractivity contribution >= 4 is 29.5 Å². The fraction of sp³-hybridized carbons (Fsp3) is 0.167. The number of aromatic nitrogens is 2. The zero-order valence-corrected chi connectivity index (χ0v) is 7.64. The van der Waals surface area contributed by atoms with Gasteiger partial charge in [-0.3, -0.25) is 9.78 Å². The van der Waals surface area contributed by atoms with Crippen molar-refractivity contribution in [3.8, 4) is 0 Å². The Hall–Kier alpha value is -0.810. The van der Waals surface area contributed by atoms with E-state index in [9.17, 15) is 4.79 Å². The first-order valence-corrected chi connectivity index (χ1v) is 3.95. The highest BCUT2D eigenvalue weighted by Crippen LogP contribution is 2.07. The first-order chi connectivity index (χ1) is 5.70. The Labute approximate surface area is 79.8 Å². The maximum absolute atomic E-state index is 10.4. The van der Waals surface area contributed by atoms with Gasteiger partial charge in [0.15, 0.2) is 5.15 Å². The van der Waals surface area contributed by atoms with E-state index >= 15 is 0 Å². The van der Waals surface area contributed by atoms with Gasteiger partial charge < -0.3 is 5.32 Å². The van der Waals surface area contributed by atoms with Gasteiger partial charge in [-0.1, -0.05) is 24.2 Å². The van der Waals surface area contributed by atoms with E-state index in [1.807, 2.05) is 0 Å². The predicted octanol–water partition coefficient (Wildman–Crippen LogP) is 1.27. The summed E-state index contributed by atoms with van der Waals surface area (Å²) in [4.78, 5) is 18.1. The highest BCUT2D eigenvalue weighted by molar-refractivity contribution is 7.96. The Balaban J connectivity index is 2.63. The van der Waals surface area contributed by atoms with Crippen molar-refractivity contribution in [2.24, 2.45) is 0 Å². The van der Waals surface area contributed by atoms with Gasteiger partial charge in [0.05, 0.1) is 12.2 Å². The molecule has 1 aromatic rings. The van der Waals surface area contributed by atoms with Crippen molar-refractivity contribution in [2.75, 3.05) is 0 Å². The molecule has 12 heavy (non-hydrogen) atoms. The standard InChI is InChI=1S/C6H6ClN3OS/c7-5-4(3-10-6(11)12)8-1-2-9-5/h1-2H,3H2,(H2,10,11,12). The smallest absolute Gasteiger partial charge is 0.276 e. The molecule has 0 aliphatic carbocycles. The minimum Gasteiger partial charge on any atom is -0.341 e. The molecule has 1 aromatic heterocycles. The van der Waals surface area contributed by atoms with Gasteiger partial charge in [0.1, 0.15) is 0 Å². The molecule has 1 heterocycles. The third-order valence-corrected chi connectivity index (χ3v) is 1.60. The molecule has 0 aromatic carbocycles. The molecule has 64 valence electrons. The van der Waals surface area contributed by atoms with E-state index in [-0.39, 0.29) is 6.54 Å². The Bertz CT molecular complexity index is 294. The number of carbonyl (C=O) groups excluding carboxylic acids is 1. The van der Waals surface area contributed by atoms with Crippen LogP contribution in [-0.2, 0) is 6.54 Å². The summed E-state index contributed by atoms with van der Waals surface area (Å²) in [6.45, 7) is 0.245. The summed E-state index contributed by atoms with van der Waals surface area (Å²) in [5.41, 5.74) is 0.529. The largest absolute Gasteiger partial charge is 0.341 e. The summed E-state index contributed by atoms with van der Waals surface area (Å²) >= 11 is 9.18. The molecule has 0 saturated carbocycles. The van der Waals surface area contributed by atoms with Crippen LogP contribution in [0.5, 0.6) is 0 Å². The molecule has 0 radical (unpaired) electrons. The van der Waals surface area contributed by atoms with Crippen molar-refractivity contribution in [2.45, 2.75) is 6.54 Å². The van der Waals surface area contributed by atoms with Gasteiger partial charge in [0.25, 0.3) is 5.24 Å². The highest BCUT2D eigenvalue weighted by atomic mass is 35.5. The van der Waals surface area contributed by atoms with E-state index in [1.165, 1.54) is 12.4 Å². The second-order valence-corrected chi connectivity index (χ2v) is 2.72. The number of nitrogens with one attached hydrogen (secondary N) is 1. The summed E-state index contributed by atoms with van der Waals surface area (Å²) in [5, 5.41) is 2.31. The molecule has 0 atom stereocenters. The lowest BCUT2D eigenvalue weighted by Crippen LogP contribution is -2.16. The van der Waals surface area contributed by atoms with Crippen LogP contribution in [0.2, 0.25) is 5.15 Å². The molecule has 1 amide bonds. The van der Waals surface area contributed by atoms with Crippen molar-refractivity contribution < 1.29 is 4.79 Å². The van der Waals surface area contributed by atoms with Gasteiger partial charge >= 0.3 is 0 Å². The van der Waals surface area contributed by atoms with Crippen molar-refractivity contribution in [3.63, 3.8) is 0 Å². The van der Waals surface area contributed by atoms with Gasteiger partial charge in [-0.2, -0.15) is 0 Å². The van der Waals surface area contributed by atoms with Crippen molar-refractivity contribution in [3.05, 3.63) is 23.2 Å². The summed E-state index contributed by atoms with van der Waals surface area (Å²) < 4.78 is 0. The minimum atomic E-state index is -0.420. The van der Waals surface area contributed by atoms with Gasteiger partial charge in [-0.25, -0.2) is 4.98 Å². The lowest BCUT2D eigenvalue weighted by molar-refractivity contribution is 0.260. The quantitative estimate of drug-likeness (QED) is 0.712. The van der Waals surface area contributed by atoms with Crippen LogP contribution in [0, 0.1) is 0 Å². The van der Waals surface area contributed by atoms with E-state index in [0.717, 1.165) is 0 Å². The minimum absolute atomic E-state index is 0.245. The first-order valence-electron chi connectivity index (χ1n) is 3.12. The van der Waals surface area contributed by atoms with Crippen LogP contribution in [0.1, 0.15) is 5.69 Å². The number of hydrogen-bond donors (Lipinski definition) is 2. The number of rotatable bonds is 2. The van der Waals surface area contributed by atoms with E-state index < -0.39 is 5.24 Å². The lowest BCUT2D eigenvalue weighted by Gasteiger charge is -2.00. The number of nitrogens with zero attached hydrogens (tertiary/aromatic N) is 2. The van der Waals surface area contributed by atoms with Crippen LogP contribution < -0.4 is 5.32 Å². The summed E-state index contributed by atoms with van der Waals surface area (Å²) in [5.74, 6) is 0. The Morgan fingerprint density at radius 2 is 2.25 bits per heavy atom. The van der Waals surface area contributed by atoms with Gasteiger partial charge in [-0.05, 0) is 0 Å². The Kier molecular flexibility index (Phi) is 3.31. The number of amides is 1. The normalized spacial score (nSPS) is 9.50. The monoisotopic (exact) mass is 203 g/mol. The SMILES string of the molecule is O=C(S)NCc1nccnc1Cl. The van der Waals surface area contributed by atoms with Gasteiger partial charge in [0, 0.05) is 12.4 Å². The molecule has 1 N–H and O–H groups in total. The summed E-state index contributed by atoms with van der Waals surface area (Å²) in [7, 11) is 0. The molecule has 0 fully saturated rings. The zero-order chi connectivity index (χ0) is 8.97. The topological polar surface area (TPSA) is 54.9 Å². The van der Waals surface area contributed by atoms with Gasteiger partial charge in [0.2, 0.25) is 0 Å². The maximum Gasteiger partial charge on any atom is 0.276 e. The van der Waals surface area contributed by atoms with Crippen LogP contribution >= 0.6 is 24.2 Å². The molecule has 0 bridgehead atoms. The van der Waals surface area contributed by atoms with Crippen LogP contribution in [0.3, 0.4) is 0 Å². The Morgan fingerprint density at radius 3 is 2.83 bits per heavy atom. The second kappa shape index (κ2) is 4.27. The fourth-order valence-electron chi connectivity index (χ4n) is 0.628. The maximum atomic E-state index is 10.4. The summed E-state index contributed by atoms with van der Waals surface area (Å²) in [6, 6.07) is 0. The fourth-order valence-corrected chi connectivity index (χ4v) is 0.879. The van der Waals surface area contributed by atoms with Crippen molar-refractivity contribution in [1.82, 2.24) is 15.3 Å². The molecule has 0 aliphatic rings. The third kappa shape index (κ3) is 2.67. The molecule has 0 spiro atoms. The Morgan fingerprint density at radius 1 is 1.58 bits per heavy atom. The summed E-state index contributed by atoms with van der Waals surface area (Å²) in [6.07, 6.45) is 2.99. The van der Waals surface area contributed by atoms with Crippen molar-refractivity contribution in [1.29, 1.82) is 0 Å². The molecule has 0 unspecified atom stereocenters. The molecule has 0 saturated heterocycles. The predicted molar refractivity (Wildman–Crippen MR) is 48.3 cm³/mol. The molecular formula is C6H6ClN3OS. The van der Waals surface area contributed by atoms with E-state index in [4.69, 9.17) is 11.6 Å². The van der Waals surface area contributed by atoms with E-state index in [1.54, 1.807) is 0 Å². The number of thiol groups is 1. The number of carbonyl (C=O) groups is 1. The molecule has 0 aliphatic heterocycles. The van der Waals surface area contributed by atoms with Crippen LogP contribution in [0.25, 0.3) is 0 Å². The van der Waals surface area contributed by atoms with Crippen LogP contribution in [0.4, 0.5) is 4.79 Å². The lowest BCUT2D eigenvalue weighted by atomic mass is 10.4. The molecule has 4 nitrogen and oxygen atoms in total. The highest BCUT2D eigenvalue weighted by Gasteiger charge is 2.01. The molecule has 1 rings (SSSR count). The van der Waals surface area contributed by atoms with E-state index in [0.29, 0.717) is 10.8 Å². The van der Waals surface area contributed by atoms with E-state index in [2.05, 4.69) is 27.9 Å². The third-order valence-electron chi connectivity index (χ3n) is 1.13. The number of hydrogen-bond acceptors (Lipinski definition) is 3. The first kappa shape index (κ1) is 9.28. The molecular weight excluding hydrogens is 198 g/mol. The zero-order valence-electron chi connectivity index (χ0n) is 5.99. The molecule has 6 heteroatoms. The van der Waals surface area contributed by atoms with Gasteiger partial charge in [-0.15, -0.1) is 0 Å². The number of halogens is 1.